The molecule has 0 aliphatic heterocycles. The van der Waals surface area contributed by atoms with Crippen molar-refractivity contribution in [2.24, 2.45) is 0 Å². The van der Waals surface area contributed by atoms with Crippen molar-refractivity contribution in [1.82, 2.24) is 4.98 Å². The Morgan fingerprint density at radius 2 is 2.16 bits per heavy atom. The molecule has 1 N–H and O–H groups in total. The average molecular weight is 323 g/mol. The van der Waals surface area contributed by atoms with Gasteiger partial charge in [0.25, 0.3) is 5.91 Å². The second-order valence-electron chi connectivity index (χ2n) is 4.64. The van der Waals surface area contributed by atoms with Crippen LogP contribution < -0.4 is 5.32 Å². The highest BCUT2D eigenvalue weighted by Crippen LogP contribution is 2.23. The molecule has 0 unspecified atom stereocenters. The molecule has 5 heteroatoms. The number of anilines is 1. The summed E-state index contributed by atoms with van der Waals surface area (Å²) >= 11 is 3.44. The van der Waals surface area contributed by atoms with Gasteiger partial charge in [0.05, 0.1) is 0 Å². The van der Waals surface area contributed by atoms with E-state index in [-0.39, 0.29) is 11.8 Å². The molecule has 0 aliphatic rings. The van der Waals surface area contributed by atoms with Crippen molar-refractivity contribution >= 4 is 27.5 Å². The van der Waals surface area contributed by atoms with E-state index >= 15 is 0 Å². The Bertz CT molecular complexity index is 605. The maximum Gasteiger partial charge on any atom is 0.277 e. The highest BCUT2D eigenvalue weighted by Gasteiger charge is 2.19. The zero-order valence-corrected chi connectivity index (χ0v) is 12.6. The van der Waals surface area contributed by atoms with E-state index in [1.165, 1.54) is 6.39 Å². The fourth-order valence-electron chi connectivity index (χ4n) is 1.70. The highest BCUT2D eigenvalue weighted by atomic mass is 79.9. The lowest BCUT2D eigenvalue weighted by atomic mass is 10.1. The highest BCUT2D eigenvalue weighted by molar-refractivity contribution is 9.10. The summed E-state index contributed by atoms with van der Waals surface area (Å²) in [5.41, 5.74) is 2.18. The van der Waals surface area contributed by atoms with Gasteiger partial charge in [-0.1, -0.05) is 35.8 Å². The van der Waals surface area contributed by atoms with Crippen molar-refractivity contribution in [3.05, 3.63) is 46.1 Å². The molecule has 1 amide bonds. The molecule has 0 atom stereocenters. The number of carbonyl (C=O) groups is 1. The average Bonchev–Trinajstić information content (AvgIpc) is 2.83. The van der Waals surface area contributed by atoms with Crippen LogP contribution >= 0.6 is 15.9 Å². The van der Waals surface area contributed by atoms with E-state index in [9.17, 15) is 4.79 Å². The molecule has 100 valence electrons. The van der Waals surface area contributed by atoms with Crippen LogP contribution in [0.2, 0.25) is 0 Å². The Labute approximate surface area is 120 Å². The van der Waals surface area contributed by atoms with E-state index in [1.807, 2.05) is 39.0 Å². The zero-order chi connectivity index (χ0) is 14.0. The third-order valence-corrected chi connectivity index (χ3v) is 3.62. The molecule has 0 spiro atoms. The number of halogens is 1. The molecule has 1 heterocycles. The topological polar surface area (TPSA) is 55.1 Å². The van der Waals surface area contributed by atoms with Gasteiger partial charge in [-0.2, -0.15) is 0 Å². The van der Waals surface area contributed by atoms with Gasteiger partial charge in [-0.3, -0.25) is 4.79 Å². The molecule has 0 radical (unpaired) electrons. The van der Waals surface area contributed by atoms with E-state index < -0.39 is 0 Å². The van der Waals surface area contributed by atoms with Crippen LogP contribution in [-0.4, -0.2) is 10.9 Å². The molecular weight excluding hydrogens is 308 g/mol. The summed E-state index contributed by atoms with van der Waals surface area (Å²) in [7, 11) is 0. The minimum absolute atomic E-state index is 0.119. The van der Waals surface area contributed by atoms with Crippen molar-refractivity contribution in [3.63, 3.8) is 0 Å². The van der Waals surface area contributed by atoms with E-state index in [2.05, 4.69) is 26.2 Å². The van der Waals surface area contributed by atoms with Gasteiger partial charge >= 0.3 is 0 Å². The monoisotopic (exact) mass is 322 g/mol. The molecule has 0 saturated carbocycles. The molecule has 0 bridgehead atoms. The first kappa shape index (κ1) is 13.8. The van der Waals surface area contributed by atoms with E-state index in [0.29, 0.717) is 11.5 Å². The largest absolute Gasteiger partial charge is 0.447 e. The van der Waals surface area contributed by atoms with Crippen LogP contribution in [0.25, 0.3) is 0 Å². The fraction of sp³-hybridized carbons (Fsp3) is 0.286. The summed E-state index contributed by atoms with van der Waals surface area (Å²) in [4.78, 5) is 16.1. The second kappa shape index (κ2) is 5.57. The van der Waals surface area contributed by atoms with Crippen LogP contribution in [0.3, 0.4) is 0 Å². The van der Waals surface area contributed by atoms with Crippen molar-refractivity contribution < 1.29 is 9.21 Å². The van der Waals surface area contributed by atoms with E-state index in [4.69, 9.17) is 4.42 Å². The van der Waals surface area contributed by atoms with E-state index in [0.717, 1.165) is 15.7 Å². The fourth-order valence-corrected chi connectivity index (χ4v) is 2.08. The van der Waals surface area contributed by atoms with Gasteiger partial charge in [-0.15, -0.1) is 0 Å². The molecule has 4 nitrogen and oxygen atoms in total. The van der Waals surface area contributed by atoms with Crippen LogP contribution in [0.5, 0.6) is 0 Å². The van der Waals surface area contributed by atoms with Crippen LogP contribution in [0.15, 0.2) is 33.5 Å². The van der Waals surface area contributed by atoms with Gasteiger partial charge in [-0.25, -0.2) is 4.98 Å². The Kier molecular flexibility index (Phi) is 4.04. The van der Waals surface area contributed by atoms with Crippen LogP contribution in [0, 0.1) is 6.92 Å². The van der Waals surface area contributed by atoms with Gasteiger partial charge in [-0.05, 0) is 24.6 Å². The zero-order valence-electron chi connectivity index (χ0n) is 11.0. The number of nitrogens with zero attached hydrogens (tertiary/aromatic N) is 1. The molecule has 19 heavy (non-hydrogen) atoms. The molecule has 2 aromatic rings. The SMILES string of the molecule is Cc1ccc(NC(=O)c2ncoc2C(C)C)cc1Br. The Hall–Kier alpha value is -1.62. The van der Waals surface area contributed by atoms with Gasteiger partial charge in [0, 0.05) is 16.1 Å². The Morgan fingerprint density at radius 1 is 1.42 bits per heavy atom. The van der Waals surface area contributed by atoms with Crippen molar-refractivity contribution in [2.75, 3.05) is 5.32 Å². The van der Waals surface area contributed by atoms with Crippen molar-refractivity contribution in [1.29, 1.82) is 0 Å². The summed E-state index contributed by atoms with van der Waals surface area (Å²) in [6, 6.07) is 5.65. The lowest BCUT2D eigenvalue weighted by Gasteiger charge is -2.07. The van der Waals surface area contributed by atoms with Gasteiger partial charge in [0.2, 0.25) is 0 Å². The first-order chi connectivity index (χ1) is 8.99. The number of carbonyl (C=O) groups excluding carboxylic acids is 1. The lowest BCUT2D eigenvalue weighted by Crippen LogP contribution is -2.14. The number of oxazole rings is 1. The molecule has 0 aliphatic carbocycles. The number of amides is 1. The van der Waals surface area contributed by atoms with Crippen molar-refractivity contribution in [3.8, 4) is 0 Å². The number of benzene rings is 1. The number of rotatable bonds is 3. The number of hydrogen-bond acceptors (Lipinski definition) is 3. The maximum absolute atomic E-state index is 12.1. The lowest BCUT2D eigenvalue weighted by molar-refractivity contribution is 0.102. The quantitative estimate of drug-likeness (QED) is 0.924. The number of aromatic nitrogens is 1. The Balaban J connectivity index is 2.21. The van der Waals surface area contributed by atoms with Gasteiger partial charge in [0.15, 0.2) is 12.1 Å². The number of hydrogen-bond donors (Lipinski definition) is 1. The third kappa shape index (κ3) is 3.04. The van der Waals surface area contributed by atoms with Crippen LogP contribution in [0.1, 0.15) is 41.6 Å². The number of nitrogens with one attached hydrogen (secondary N) is 1. The normalized spacial score (nSPS) is 10.8. The molecule has 0 fully saturated rings. The van der Waals surface area contributed by atoms with Crippen LogP contribution in [-0.2, 0) is 0 Å². The third-order valence-electron chi connectivity index (χ3n) is 2.76. The van der Waals surface area contributed by atoms with E-state index in [1.54, 1.807) is 0 Å². The summed E-state index contributed by atoms with van der Waals surface area (Å²) < 4.78 is 6.20. The van der Waals surface area contributed by atoms with Crippen molar-refractivity contribution in [2.45, 2.75) is 26.7 Å². The Morgan fingerprint density at radius 3 is 2.79 bits per heavy atom. The molecule has 1 aromatic carbocycles. The molecule has 1 aromatic heterocycles. The summed E-state index contributed by atoms with van der Waals surface area (Å²) in [6.07, 6.45) is 1.30. The molecule has 0 saturated heterocycles. The standard InChI is InChI=1S/C14H15BrN2O2/c1-8(2)13-12(16-7-19-13)14(18)17-10-5-4-9(3)11(15)6-10/h4-8H,1-3H3,(H,17,18). The first-order valence-corrected chi connectivity index (χ1v) is 6.79. The number of aryl methyl sites for hydroxylation is 1. The summed E-state index contributed by atoms with van der Waals surface area (Å²) in [6.45, 7) is 5.91. The predicted octanol–water partition coefficient (Wildman–Crippen LogP) is 4.12. The predicted molar refractivity (Wildman–Crippen MR) is 77.4 cm³/mol. The maximum atomic E-state index is 12.1. The minimum Gasteiger partial charge on any atom is -0.447 e. The van der Waals surface area contributed by atoms with Gasteiger partial charge < -0.3 is 9.73 Å². The molecular formula is C14H15BrN2O2. The minimum atomic E-state index is -0.256. The smallest absolute Gasteiger partial charge is 0.277 e. The summed E-state index contributed by atoms with van der Waals surface area (Å²) in [5.74, 6) is 0.463. The van der Waals surface area contributed by atoms with Gasteiger partial charge in [0.1, 0.15) is 5.76 Å². The van der Waals surface area contributed by atoms with Crippen LogP contribution in [0.4, 0.5) is 5.69 Å². The first-order valence-electron chi connectivity index (χ1n) is 6.00. The second-order valence-corrected chi connectivity index (χ2v) is 5.49. The summed E-state index contributed by atoms with van der Waals surface area (Å²) in [5, 5.41) is 2.82. The molecule has 2 rings (SSSR count).